The molecule has 0 amide bonds. The van der Waals surface area contributed by atoms with Crippen LogP contribution in [0.1, 0.15) is 22.3 Å². The van der Waals surface area contributed by atoms with Gasteiger partial charge < -0.3 is 0 Å². The summed E-state index contributed by atoms with van der Waals surface area (Å²) in [6.07, 6.45) is 0. The largest absolute Gasteiger partial charge is 0.208 e. The van der Waals surface area contributed by atoms with Crippen LogP contribution in [0.3, 0.4) is 0 Å². The number of hydrogen-bond donors (Lipinski definition) is 0. The number of fused-ring (bicyclic) bond motifs is 2. The molecule has 0 bridgehead atoms. The molecule has 3 nitrogen and oxygen atoms in total. The summed E-state index contributed by atoms with van der Waals surface area (Å²) in [5.41, 5.74) is 11.9. The van der Waals surface area contributed by atoms with Gasteiger partial charge in [0.05, 0.1) is 5.41 Å². The SMILES string of the molecule is c1ccc(-c2cccc(-c3nc(-c4ccccc4)nc(-c4cccc(-c5ccc6c(c5)C(c5ccccc5)(c5ccccc5)c5ccccc5S6)c4)n3)c2)cc1. The van der Waals surface area contributed by atoms with Crippen molar-refractivity contribution in [2.45, 2.75) is 15.2 Å². The molecular formula is C52H35N3S. The van der Waals surface area contributed by atoms with Gasteiger partial charge in [-0.1, -0.05) is 194 Å². The van der Waals surface area contributed by atoms with Crippen LogP contribution in [0.15, 0.2) is 222 Å². The average Bonchev–Trinajstić information content (AvgIpc) is 3.29. The first-order chi connectivity index (χ1) is 27.7. The standard InChI is InChI=1S/C52H35N3S/c1-5-17-36(18-6-1)38-21-15-23-41(33-38)50-53-49(37-19-7-2-8-20-37)54-51(55-50)42-24-16-22-39(34-42)40-31-32-48-46(35-40)52(43-25-9-3-10-26-43,44-27-11-4-12-28-44)45-29-13-14-30-47(45)56-48/h1-35H. The van der Waals surface area contributed by atoms with Crippen molar-refractivity contribution in [3.63, 3.8) is 0 Å². The van der Waals surface area contributed by atoms with Crippen LogP contribution in [-0.4, -0.2) is 15.0 Å². The van der Waals surface area contributed by atoms with Crippen LogP contribution in [0, 0.1) is 0 Å². The topological polar surface area (TPSA) is 38.7 Å². The van der Waals surface area contributed by atoms with Crippen molar-refractivity contribution in [2.75, 3.05) is 0 Å². The lowest BCUT2D eigenvalue weighted by atomic mass is 9.64. The molecule has 0 spiro atoms. The third-order valence-corrected chi connectivity index (χ3v) is 11.8. The minimum atomic E-state index is -0.505. The van der Waals surface area contributed by atoms with Gasteiger partial charge in [-0.25, -0.2) is 15.0 Å². The normalized spacial score (nSPS) is 12.7. The third-order valence-electron chi connectivity index (χ3n) is 10.7. The molecule has 56 heavy (non-hydrogen) atoms. The lowest BCUT2D eigenvalue weighted by Crippen LogP contribution is -2.34. The number of rotatable bonds is 7. The Morgan fingerprint density at radius 3 is 1.29 bits per heavy atom. The van der Waals surface area contributed by atoms with Crippen molar-refractivity contribution >= 4 is 11.8 Å². The fourth-order valence-electron chi connectivity index (χ4n) is 8.04. The monoisotopic (exact) mass is 733 g/mol. The molecular weight excluding hydrogens is 699 g/mol. The van der Waals surface area contributed by atoms with E-state index < -0.39 is 5.41 Å². The second-order valence-corrected chi connectivity index (χ2v) is 15.1. The fraction of sp³-hybridized carbons (Fsp3) is 0.0192. The maximum absolute atomic E-state index is 5.14. The van der Waals surface area contributed by atoms with E-state index >= 15 is 0 Å². The van der Waals surface area contributed by atoms with Gasteiger partial charge in [0.15, 0.2) is 17.5 Å². The smallest absolute Gasteiger partial charge is 0.164 e. The van der Waals surface area contributed by atoms with Crippen LogP contribution in [0.25, 0.3) is 56.4 Å². The van der Waals surface area contributed by atoms with Crippen LogP contribution in [0.5, 0.6) is 0 Å². The van der Waals surface area contributed by atoms with Crippen molar-refractivity contribution in [1.29, 1.82) is 0 Å². The van der Waals surface area contributed by atoms with Gasteiger partial charge in [-0.05, 0) is 74.8 Å². The van der Waals surface area contributed by atoms with E-state index in [2.05, 4.69) is 188 Å². The van der Waals surface area contributed by atoms with E-state index in [4.69, 9.17) is 15.0 Å². The van der Waals surface area contributed by atoms with E-state index in [1.165, 1.54) is 32.0 Å². The highest BCUT2D eigenvalue weighted by molar-refractivity contribution is 7.99. The lowest BCUT2D eigenvalue weighted by Gasteiger charge is -2.42. The maximum atomic E-state index is 5.14. The first kappa shape index (κ1) is 33.7. The lowest BCUT2D eigenvalue weighted by molar-refractivity contribution is 0.703. The highest BCUT2D eigenvalue weighted by atomic mass is 32.2. The zero-order valence-corrected chi connectivity index (χ0v) is 31.3. The maximum Gasteiger partial charge on any atom is 0.164 e. The minimum absolute atomic E-state index is 0.505. The molecule has 0 aliphatic carbocycles. The zero-order valence-electron chi connectivity index (χ0n) is 30.5. The highest BCUT2D eigenvalue weighted by Crippen LogP contribution is 2.56. The van der Waals surface area contributed by atoms with Gasteiger partial charge in [0.2, 0.25) is 0 Å². The van der Waals surface area contributed by atoms with Gasteiger partial charge in [-0.15, -0.1) is 0 Å². The van der Waals surface area contributed by atoms with E-state index in [0.717, 1.165) is 38.9 Å². The molecule has 0 N–H and O–H groups in total. The quantitative estimate of drug-likeness (QED) is 0.163. The average molecular weight is 734 g/mol. The van der Waals surface area contributed by atoms with Crippen LogP contribution in [-0.2, 0) is 5.41 Å². The molecule has 8 aromatic carbocycles. The predicted molar refractivity (Wildman–Crippen MR) is 229 cm³/mol. The highest BCUT2D eigenvalue weighted by Gasteiger charge is 2.44. The fourth-order valence-corrected chi connectivity index (χ4v) is 9.22. The summed E-state index contributed by atoms with van der Waals surface area (Å²) >= 11 is 1.85. The first-order valence-corrected chi connectivity index (χ1v) is 19.7. The number of aromatic nitrogens is 3. The number of benzene rings is 8. The molecule has 9 aromatic rings. The van der Waals surface area contributed by atoms with E-state index in [0.29, 0.717) is 17.5 Å². The Bertz CT molecular complexity index is 2780. The Hall–Kier alpha value is -6.88. The van der Waals surface area contributed by atoms with Gasteiger partial charge in [-0.2, -0.15) is 0 Å². The molecule has 0 atom stereocenters. The van der Waals surface area contributed by atoms with Crippen LogP contribution in [0.2, 0.25) is 0 Å². The van der Waals surface area contributed by atoms with E-state index in [9.17, 15) is 0 Å². The molecule has 1 aliphatic heterocycles. The molecule has 1 aliphatic rings. The summed E-state index contributed by atoms with van der Waals surface area (Å²) in [4.78, 5) is 17.8. The van der Waals surface area contributed by atoms with Gasteiger partial charge in [0, 0.05) is 26.5 Å². The van der Waals surface area contributed by atoms with E-state index in [1.54, 1.807) is 0 Å². The van der Waals surface area contributed by atoms with Crippen LogP contribution < -0.4 is 0 Å². The summed E-state index contributed by atoms with van der Waals surface area (Å²) in [7, 11) is 0. The van der Waals surface area contributed by atoms with E-state index in [-0.39, 0.29) is 0 Å². The molecule has 1 aromatic heterocycles. The molecule has 0 saturated carbocycles. The van der Waals surface area contributed by atoms with Crippen LogP contribution >= 0.6 is 11.8 Å². The molecule has 0 radical (unpaired) electrons. The molecule has 2 heterocycles. The summed E-state index contributed by atoms with van der Waals surface area (Å²) in [6.45, 7) is 0. The first-order valence-electron chi connectivity index (χ1n) is 18.9. The summed E-state index contributed by atoms with van der Waals surface area (Å²) in [6, 6.07) is 75.4. The van der Waals surface area contributed by atoms with Crippen molar-refractivity contribution in [3.8, 4) is 56.4 Å². The van der Waals surface area contributed by atoms with Crippen molar-refractivity contribution in [1.82, 2.24) is 15.0 Å². The molecule has 10 rings (SSSR count). The zero-order chi connectivity index (χ0) is 37.3. The molecule has 0 fully saturated rings. The van der Waals surface area contributed by atoms with Gasteiger partial charge >= 0.3 is 0 Å². The molecule has 0 unspecified atom stereocenters. The Morgan fingerprint density at radius 2 is 0.696 bits per heavy atom. The van der Waals surface area contributed by atoms with Gasteiger partial charge in [0.25, 0.3) is 0 Å². The summed E-state index contributed by atoms with van der Waals surface area (Å²) in [5, 5.41) is 0. The second-order valence-electron chi connectivity index (χ2n) is 14.0. The Labute approximate surface area is 331 Å². The minimum Gasteiger partial charge on any atom is -0.208 e. The molecule has 264 valence electrons. The van der Waals surface area contributed by atoms with Crippen LogP contribution in [0.4, 0.5) is 0 Å². The third kappa shape index (κ3) is 6.01. The summed E-state index contributed by atoms with van der Waals surface area (Å²) < 4.78 is 0. The van der Waals surface area contributed by atoms with Crippen molar-refractivity contribution < 1.29 is 0 Å². The Kier molecular flexibility index (Phi) is 8.66. The number of hydrogen-bond acceptors (Lipinski definition) is 4. The predicted octanol–water partition coefficient (Wildman–Crippen LogP) is 13.1. The Morgan fingerprint density at radius 1 is 0.286 bits per heavy atom. The summed E-state index contributed by atoms with van der Waals surface area (Å²) in [5.74, 6) is 1.91. The second kappa shape index (κ2) is 14.4. The Balaban J connectivity index is 1.13. The molecule has 4 heteroatoms. The van der Waals surface area contributed by atoms with Crippen molar-refractivity contribution in [3.05, 3.63) is 235 Å². The van der Waals surface area contributed by atoms with Gasteiger partial charge in [-0.3, -0.25) is 0 Å². The van der Waals surface area contributed by atoms with E-state index in [1.807, 2.05) is 36.0 Å². The van der Waals surface area contributed by atoms with Crippen molar-refractivity contribution in [2.24, 2.45) is 0 Å². The molecule has 0 saturated heterocycles. The number of nitrogens with zero attached hydrogens (tertiary/aromatic N) is 3. The van der Waals surface area contributed by atoms with Gasteiger partial charge in [0.1, 0.15) is 0 Å².